The van der Waals surface area contributed by atoms with Crippen LogP contribution < -0.4 is 0 Å². The number of hydrogen-bond donors (Lipinski definition) is 0. The maximum absolute atomic E-state index is 2.98. The molecule has 0 saturated carbocycles. The molecule has 2 fully saturated rings. The van der Waals surface area contributed by atoms with Crippen molar-refractivity contribution in [3.63, 3.8) is 0 Å². The molecule has 0 amide bonds. The van der Waals surface area contributed by atoms with Crippen LogP contribution in [0.25, 0.3) is 0 Å². The summed E-state index contributed by atoms with van der Waals surface area (Å²) in [6, 6.07) is 18.8. The van der Waals surface area contributed by atoms with Gasteiger partial charge < -0.3 is 0 Å². The smallest absolute Gasteiger partial charge is 0.0234 e. The summed E-state index contributed by atoms with van der Waals surface area (Å²) >= 11 is 0. The van der Waals surface area contributed by atoms with Gasteiger partial charge in [-0.15, -0.1) is 0 Å². The Labute approximate surface area is 320 Å². The van der Waals surface area contributed by atoms with Crippen molar-refractivity contribution in [2.24, 2.45) is 0 Å². The summed E-state index contributed by atoms with van der Waals surface area (Å²) in [6.45, 7) is 22.0. The molecule has 0 aliphatic carbocycles. The van der Waals surface area contributed by atoms with Crippen molar-refractivity contribution in [2.75, 3.05) is 105 Å². The average Bonchev–Trinajstić information content (AvgIpc) is 3.10. The van der Waals surface area contributed by atoms with Crippen LogP contribution in [0.15, 0.2) is 48.5 Å². The molecular weight excluding hydrogens is 730 g/mol. The second kappa shape index (κ2) is 24.3. The Hall–Kier alpha value is 0.700. The van der Waals surface area contributed by atoms with Gasteiger partial charge in [0, 0.05) is 111 Å². The van der Waals surface area contributed by atoms with Crippen molar-refractivity contribution in [1.29, 1.82) is 0 Å². The van der Waals surface area contributed by atoms with E-state index in [4.69, 9.17) is 0 Å². The van der Waals surface area contributed by atoms with Gasteiger partial charge in [-0.3, -0.25) is 37.8 Å². The lowest BCUT2D eigenvalue weighted by Gasteiger charge is -2.29. The molecule has 282 valence electrons. The predicted molar refractivity (Wildman–Crippen MR) is 237 cm³/mol. The van der Waals surface area contributed by atoms with Gasteiger partial charge in [-0.05, 0) is 61.0 Å². The molecule has 0 spiro atoms. The summed E-state index contributed by atoms with van der Waals surface area (Å²) in [5, 5.41) is 0. The molecule has 0 radical (unpaired) electrons. The van der Waals surface area contributed by atoms with Gasteiger partial charge in [0.15, 0.2) is 0 Å². The fraction of sp³-hybridized carbons (Fsp3) is 0.667. The van der Waals surface area contributed by atoms with E-state index in [9.17, 15) is 0 Å². The highest BCUT2D eigenvalue weighted by Gasteiger charge is 2.16. The topological polar surface area (TPSA) is 25.9 Å². The first-order valence-electron chi connectivity index (χ1n) is 18.7. The molecule has 2 heterocycles. The van der Waals surface area contributed by atoms with Crippen molar-refractivity contribution in [3.8, 4) is 0 Å². The molecular formula is C36H68N8P6. The lowest BCUT2D eigenvalue weighted by Crippen LogP contribution is -2.35. The van der Waals surface area contributed by atoms with Crippen LogP contribution in [0.4, 0.5) is 0 Å². The molecule has 8 nitrogen and oxygen atoms in total. The third kappa shape index (κ3) is 17.0. The normalized spacial score (nSPS) is 22.4. The molecule has 0 N–H and O–H groups in total. The van der Waals surface area contributed by atoms with E-state index < -0.39 is 0 Å². The second-order valence-corrected chi connectivity index (χ2v) is 18.8. The van der Waals surface area contributed by atoms with Gasteiger partial charge in [0.1, 0.15) is 0 Å². The molecule has 2 aliphatic heterocycles. The van der Waals surface area contributed by atoms with Crippen molar-refractivity contribution >= 4 is 56.3 Å². The van der Waals surface area contributed by atoms with Gasteiger partial charge >= 0.3 is 0 Å². The molecule has 0 bridgehead atoms. The largest absolute Gasteiger partial charge is 0.298 e. The van der Waals surface area contributed by atoms with Gasteiger partial charge in [-0.1, -0.05) is 112 Å². The summed E-state index contributed by atoms with van der Waals surface area (Å²) in [7, 11) is 17.7. The van der Waals surface area contributed by atoms with E-state index in [1.54, 1.807) is 0 Å². The van der Waals surface area contributed by atoms with E-state index in [1.807, 2.05) is 0 Å². The molecule has 2 aliphatic rings. The van der Waals surface area contributed by atoms with Gasteiger partial charge in [-0.2, -0.15) is 0 Å². The Morgan fingerprint density at radius 1 is 0.420 bits per heavy atom. The van der Waals surface area contributed by atoms with Crippen molar-refractivity contribution < 1.29 is 0 Å². The van der Waals surface area contributed by atoms with Crippen LogP contribution in [0, 0.1) is 0 Å². The number of rotatable bonds is 6. The Kier molecular flexibility index (Phi) is 21.1. The molecule has 6 atom stereocenters. The van der Waals surface area contributed by atoms with E-state index in [0.29, 0.717) is 5.92 Å². The lowest BCUT2D eigenvalue weighted by atomic mass is 9.91. The van der Waals surface area contributed by atoms with Crippen molar-refractivity contribution in [3.05, 3.63) is 70.8 Å². The van der Waals surface area contributed by atoms with Gasteiger partial charge in [-0.25, -0.2) is 0 Å². The monoisotopic (exact) mass is 798 g/mol. The van der Waals surface area contributed by atoms with Gasteiger partial charge in [0.25, 0.3) is 0 Å². The van der Waals surface area contributed by atoms with Crippen molar-refractivity contribution in [1.82, 2.24) is 37.8 Å². The highest BCUT2D eigenvalue weighted by atomic mass is 31.0. The minimum atomic E-state index is 0.349. The highest BCUT2D eigenvalue weighted by Crippen LogP contribution is 2.27. The average molecular weight is 799 g/mol. The first-order chi connectivity index (χ1) is 24.1. The number of benzene rings is 2. The summed E-state index contributed by atoms with van der Waals surface area (Å²) in [4.78, 5) is 5.33. The lowest BCUT2D eigenvalue weighted by molar-refractivity contribution is 0.231. The van der Waals surface area contributed by atoms with Crippen LogP contribution in [0.2, 0.25) is 0 Å². The fourth-order valence-electron chi connectivity index (χ4n) is 6.84. The minimum Gasteiger partial charge on any atom is -0.298 e. The third-order valence-corrected chi connectivity index (χ3v) is 13.2. The van der Waals surface area contributed by atoms with Gasteiger partial charge in [0.2, 0.25) is 0 Å². The third-order valence-electron chi connectivity index (χ3n) is 10.1. The van der Waals surface area contributed by atoms with Crippen LogP contribution in [0.3, 0.4) is 0 Å². The molecule has 0 aromatic heterocycles. The molecule has 2 aromatic rings. The molecule has 14 heteroatoms. The maximum atomic E-state index is 2.98. The highest BCUT2D eigenvalue weighted by molar-refractivity contribution is 7.14. The van der Waals surface area contributed by atoms with Crippen LogP contribution >= 0.6 is 56.3 Å². The molecule has 2 aromatic carbocycles. The SMILES string of the molecule is CC(c1cccc(CN2CCCN(P)CCN(P)CCCN(P)CC2)c1)c1cccc(CN2CCCN(P)CCN(P)CCCN(P)CC2)c1. The standard InChI is InChI=1S/C36H68N8P6/c1-32(35-10-2-8-33(28-35)30-37-12-4-14-41(47)24-26-43(49)18-6-16-39(45)22-20-37)36-11-3-9-34(29-36)31-38-13-5-15-42(48)25-27-44(50)19-7-17-40(46)23-21-38/h2-3,8-11,28-29,32H,4-7,12-27,30-31,45-50H2,1H3. The van der Waals surface area contributed by atoms with Crippen LogP contribution in [-0.2, 0) is 13.1 Å². The van der Waals surface area contributed by atoms with Crippen LogP contribution in [0.5, 0.6) is 0 Å². The number of nitrogens with zero attached hydrogens (tertiary/aromatic N) is 8. The van der Waals surface area contributed by atoms with Crippen LogP contribution in [0.1, 0.15) is 60.8 Å². The first kappa shape index (κ1) is 43.4. The zero-order chi connectivity index (χ0) is 35.7. The summed E-state index contributed by atoms with van der Waals surface area (Å²) in [5.74, 6) is 0.349. The molecule has 6 unspecified atom stereocenters. The zero-order valence-electron chi connectivity index (χ0n) is 30.8. The minimum absolute atomic E-state index is 0.349. The van der Waals surface area contributed by atoms with E-state index in [-0.39, 0.29) is 0 Å². The van der Waals surface area contributed by atoms with E-state index in [1.165, 1.54) is 47.9 Å². The fourth-order valence-corrected chi connectivity index (χ4v) is 8.63. The van der Waals surface area contributed by atoms with E-state index >= 15 is 0 Å². The molecule has 2 saturated heterocycles. The zero-order valence-corrected chi connectivity index (χ0v) is 37.7. The Morgan fingerprint density at radius 3 is 1.06 bits per heavy atom. The summed E-state index contributed by atoms with van der Waals surface area (Å²) in [5.41, 5.74) is 5.66. The maximum Gasteiger partial charge on any atom is 0.0234 e. The Balaban J connectivity index is 1.38. The summed E-state index contributed by atoms with van der Waals surface area (Å²) in [6.07, 6.45) is 4.74. The quantitative estimate of drug-likeness (QED) is 0.350. The van der Waals surface area contributed by atoms with Gasteiger partial charge in [0.05, 0.1) is 0 Å². The predicted octanol–water partition coefficient (Wildman–Crippen LogP) is 5.58. The van der Waals surface area contributed by atoms with E-state index in [2.05, 4.69) is 150 Å². The first-order valence-corrected chi connectivity index (χ1v) is 21.8. The number of hydrogen-bond acceptors (Lipinski definition) is 8. The van der Waals surface area contributed by atoms with E-state index in [0.717, 1.165) is 118 Å². The van der Waals surface area contributed by atoms with Crippen LogP contribution in [-0.4, -0.2) is 143 Å². The van der Waals surface area contributed by atoms with Crippen molar-refractivity contribution in [2.45, 2.75) is 51.6 Å². The summed E-state index contributed by atoms with van der Waals surface area (Å²) < 4.78 is 14.4. The Morgan fingerprint density at radius 2 is 0.720 bits per heavy atom. The Bertz CT molecular complexity index is 1140. The molecule has 4 rings (SSSR count). The molecule has 50 heavy (non-hydrogen) atoms. The second-order valence-electron chi connectivity index (χ2n) is 14.4.